The summed E-state index contributed by atoms with van der Waals surface area (Å²) >= 11 is 0. The van der Waals surface area contributed by atoms with Crippen molar-refractivity contribution in [1.82, 2.24) is 4.90 Å². The molecule has 1 aromatic rings. The standard InChI is InChI=1S/C18H23NO2/c1-19-14-8-10-17(19)15(9-11-18(20)21-2)16(12-14)13-6-4-3-5-7-13/h3-7,9,11,14-17H,8,10,12H2,1-2H3/b11-9+. The van der Waals surface area contributed by atoms with E-state index in [2.05, 4.69) is 48.4 Å². The zero-order valence-corrected chi connectivity index (χ0v) is 12.7. The van der Waals surface area contributed by atoms with E-state index in [1.54, 1.807) is 6.08 Å². The van der Waals surface area contributed by atoms with E-state index in [0.29, 0.717) is 23.9 Å². The van der Waals surface area contributed by atoms with Gasteiger partial charge in [-0.15, -0.1) is 0 Å². The Morgan fingerprint density at radius 2 is 2.05 bits per heavy atom. The summed E-state index contributed by atoms with van der Waals surface area (Å²) in [5.74, 6) is 0.626. The normalized spacial score (nSPS) is 32.5. The number of fused-ring (bicyclic) bond motifs is 2. The van der Waals surface area contributed by atoms with Gasteiger partial charge in [-0.25, -0.2) is 4.79 Å². The molecule has 0 saturated carbocycles. The molecule has 0 amide bonds. The maximum atomic E-state index is 11.5. The highest BCUT2D eigenvalue weighted by Crippen LogP contribution is 2.46. The number of carbonyl (C=O) groups excluding carboxylic acids is 1. The zero-order valence-electron chi connectivity index (χ0n) is 12.7. The molecule has 2 aliphatic heterocycles. The van der Waals surface area contributed by atoms with Crippen molar-refractivity contribution in [2.24, 2.45) is 5.92 Å². The Morgan fingerprint density at radius 1 is 1.29 bits per heavy atom. The number of carbonyl (C=O) groups is 1. The SMILES string of the molecule is COC(=O)/C=C/C1C(c2ccccc2)CC2CCC1N2C. The van der Waals surface area contributed by atoms with Gasteiger partial charge in [0, 0.05) is 18.2 Å². The fourth-order valence-electron chi connectivity index (χ4n) is 4.09. The second kappa shape index (κ2) is 6.02. The number of nitrogens with zero attached hydrogens (tertiary/aromatic N) is 1. The Balaban J connectivity index is 1.89. The van der Waals surface area contributed by atoms with Crippen LogP contribution in [0, 0.1) is 5.92 Å². The van der Waals surface area contributed by atoms with Crippen molar-refractivity contribution in [3.8, 4) is 0 Å². The van der Waals surface area contributed by atoms with E-state index in [1.807, 2.05) is 0 Å². The maximum Gasteiger partial charge on any atom is 0.330 e. The van der Waals surface area contributed by atoms with Crippen LogP contribution in [0.15, 0.2) is 42.5 Å². The number of esters is 1. The number of piperidine rings is 1. The lowest BCUT2D eigenvalue weighted by Crippen LogP contribution is -2.45. The first-order chi connectivity index (χ1) is 10.2. The van der Waals surface area contributed by atoms with Gasteiger partial charge < -0.3 is 4.74 Å². The molecule has 21 heavy (non-hydrogen) atoms. The summed E-state index contributed by atoms with van der Waals surface area (Å²) in [6.45, 7) is 0. The molecule has 2 bridgehead atoms. The molecular formula is C18H23NO2. The minimum absolute atomic E-state index is 0.260. The summed E-state index contributed by atoms with van der Waals surface area (Å²) in [6.07, 6.45) is 7.35. The first kappa shape index (κ1) is 14.3. The van der Waals surface area contributed by atoms with Gasteiger partial charge in [0.1, 0.15) is 0 Å². The molecule has 0 aromatic heterocycles. The molecule has 2 saturated heterocycles. The molecule has 112 valence electrons. The van der Waals surface area contributed by atoms with E-state index in [1.165, 1.54) is 31.9 Å². The fourth-order valence-corrected chi connectivity index (χ4v) is 4.09. The van der Waals surface area contributed by atoms with Crippen LogP contribution < -0.4 is 0 Å². The van der Waals surface area contributed by atoms with Gasteiger partial charge in [0.2, 0.25) is 0 Å². The van der Waals surface area contributed by atoms with Gasteiger partial charge in [0.25, 0.3) is 0 Å². The monoisotopic (exact) mass is 285 g/mol. The highest BCUT2D eigenvalue weighted by molar-refractivity contribution is 5.81. The average molecular weight is 285 g/mol. The van der Waals surface area contributed by atoms with Crippen LogP contribution in [-0.2, 0) is 9.53 Å². The number of benzene rings is 1. The van der Waals surface area contributed by atoms with Gasteiger partial charge in [-0.2, -0.15) is 0 Å². The summed E-state index contributed by atoms with van der Waals surface area (Å²) in [5, 5.41) is 0. The topological polar surface area (TPSA) is 29.5 Å². The van der Waals surface area contributed by atoms with Crippen LogP contribution in [0.5, 0.6) is 0 Å². The van der Waals surface area contributed by atoms with Crippen molar-refractivity contribution < 1.29 is 9.53 Å². The van der Waals surface area contributed by atoms with Crippen LogP contribution >= 0.6 is 0 Å². The average Bonchev–Trinajstić information content (AvgIpc) is 2.77. The third-order valence-corrected chi connectivity index (χ3v) is 5.21. The molecule has 2 aliphatic rings. The van der Waals surface area contributed by atoms with Gasteiger partial charge in [0.05, 0.1) is 7.11 Å². The third-order valence-electron chi connectivity index (χ3n) is 5.21. The summed E-state index contributed by atoms with van der Waals surface area (Å²) in [6, 6.07) is 11.9. The maximum absolute atomic E-state index is 11.5. The Hall–Kier alpha value is -1.61. The molecule has 3 heteroatoms. The van der Waals surface area contributed by atoms with Gasteiger partial charge in [-0.05, 0) is 43.7 Å². The van der Waals surface area contributed by atoms with E-state index >= 15 is 0 Å². The Labute approximate surface area is 126 Å². The highest BCUT2D eigenvalue weighted by atomic mass is 16.5. The minimum atomic E-state index is -0.260. The largest absolute Gasteiger partial charge is 0.466 e. The van der Waals surface area contributed by atoms with Crippen LogP contribution in [0.1, 0.15) is 30.7 Å². The van der Waals surface area contributed by atoms with Crippen LogP contribution in [0.4, 0.5) is 0 Å². The van der Waals surface area contributed by atoms with Crippen molar-refractivity contribution >= 4 is 5.97 Å². The molecule has 0 aliphatic carbocycles. The Bertz CT molecular complexity index is 525. The van der Waals surface area contributed by atoms with E-state index in [4.69, 9.17) is 4.74 Å². The van der Waals surface area contributed by atoms with E-state index in [0.717, 1.165) is 0 Å². The second-order valence-electron chi connectivity index (χ2n) is 6.18. The Morgan fingerprint density at radius 3 is 2.76 bits per heavy atom. The van der Waals surface area contributed by atoms with Crippen molar-refractivity contribution in [2.45, 2.75) is 37.3 Å². The zero-order chi connectivity index (χ0) is 14.8. The second-order valence-corrected chi connectivity index (χ2v) is 6.18. The molecule has 2 heterocycles. The first-order valence-electron chi connectivity index (χ1n) is 7.73. The van der Waals surface area contributed by atoms with Crippen molar-refractivity contribution in [2.75, 3.05) is 14.2 Å². The molecule has 1 aromatic carbocycles. The molecular weight excluding hydrogens is 262 g/mol. The molecule has 0 spiro atoms. The van der Waals surface area contributed by atoms with Gasteiger partial charge in [0.15, 0.2) is 0 Å². The molecule has 2 fully saturated rings. The molecule has 3 rings (SSSR count). The minimum Gasteiger partial charge on any atom is -0.466 e. The van der Waals surface area contributed by atoms with E-state index < -0.39 is 0 Å². The fraction of sp³-hybridized carbons (Fsp3) is 0.500. The highest BCUT2D eigenvalue weighted by Gasteiger charge is 2.44. The lowest BCUT2D eigenvalue weighted by Gasteiger charge is -2.42. The Kier molecular flexibility index (Phi) is 4.11. The van der Waals surface area contributed by atoms with E-state index in [-0.39, 0.29) is 5.97 Å². The molecule has 4 atom stereocenters. The third kappa shape index (κ3) is 2.75. The quantitative estimate of drug-likeness (QED) is 0.631. The van der Waals surface area contributed by atoms with Crippen LogP contribution in [0.2, 0.25) is 0 Å². The van der Waals surface area contributed by atoms with Gasteiger partial charge in [-0.3, -0.25) is 4.90 Å². The predicted octanol–water partition coefficient (Wildman–Crippen LogP) is 2.98. The number of rotatable bonds is 3. The summed E-state index contributed by atoms with van der Waals surface area (Å²) in [4.78, 5) is 14.0. The van der Waals surface area contributed by atoms with Gasteiger partial charge >= 0.3 is 5.97 Å². The smallest absolute Gasteiger partial charge is 0.330 e. The summed E-state index contributed by atoms with van der Waals surface area (Å²) in [5.41, 5.74) is 1.39. The lowest BCUT2D eigenvalue weighted by molar-refractivity contribution is -0.134. The van der Waals surface area contributed by atoms with E-state index in [9.17, 15) is 4.79 Å². The molecule has 0 radical (unpaired) electrons. The molecule has 0 N–H and O–H groups in total. The van der Waals surface area contributed by atoms with Crippen molar-refractivity contribution in [1.29, 1.82) is 0 Å². The van der Waals surface area contributed by atoms with Crippen LogP contribution in [0.3, 0.4) is 0 Å². The van der Waals surface area contributed by atoms with Crippen LogP contribution in [-0.4, -0.2) is 37.1 Å². The lowest BCUT2D eigenvalue weighted by atomic mass is 9.76. The molecule has 3 nitrogen and oxygen atoms in total. The number of hydrogen-bond donors (Lipinski definition) is 0. The number of methoxy groups -OCH3 is 1. The van der Waals surface area contributed by atoms with Gasteiger partial charge in [-0.1, -0.05) is 36.4 Å². The van der Waals surface area contributed by atoms with Crippen molar-refractivity contribution in [3.05, 3.63) is 48.0 Å². The summed E-state index contributed by atoms with van der Waals surface area (Å²) in [7, 11) is 3.66. The first-order valence-corrected chi connectivity index (χ1v) is 7.73. The number of ether oxygens (including phenoxy) is 1. The number of hydrogen-bond acceptors (Lipinski definition) is 3. The summed E-state index contributed by atoms with van der Waals surface area (Å²) < 4.78 is 4.75. The van der Waals surface area contributed by atoms with Crippen LogP contribution in [0.25, 0.3) is 0 Å². The van der Waals surface area contributed by atoms with Crippen molar-refractivity contribution in [3.63, 3.8) is 0 Å². The molecule has 4 unspecified atom stereocenters. The predicted molar refractivity (Wildman–Crippen MR) is 83.0 cm³/mol.